The summed E-state index contributed by atoms with van der Waals surface area (Å²) in [5.41, 5.74) is 1.07. The maximum Gasteiger partial charge on any atom is 0.262 e. The van der Waals surface area contributed by atoms with Crippen molar-refractivity contribution in [1.29, 1.82) is 0 Å². The number of aryl methyl sites for hydroxylation is 1. The van der Waals surface area contributed by atoms with Crippen LogP contribution < -0.4 is 4.90 Å². The van der Waals surface area contributed by atoms with E-state index in [1.165, 1.54) is 21.9 Å². The smallest absolute Gasteiger partial charge is 0.262 e. The van der Waals surface area contributed by atoms with E-state index < -0.39 is 5.91 Å². The number of phenolic OH excluding ortho intramolecular Hbond substituents is 2. The summed E-state index contributed by atoms with van der Waals surface area (Å²) in [5.74, 6) is 0.207. The molecule has 0 fully saturated rings. The number of benzene rings is 2. The summed E-state index contributed by atoms with van der Waals surface area (Å²) in [4.78, 5) is 28.2. The van der Waals surface area contributed by atoms with Crippen LogP contribution in [-0.2, 0) is 6.54 Å². The maximum absolute atomic E-state index is 13.2. The molecule has 7 heteroatoms. The van der Waals surface area contributed by atoms with Gasteiger partial charge in [-0.15, -0.1) is 0 Å². The molecular formula is C22H22N2O5. The van der Waals surface area contributed by atoms with Crippen LogP contribution in [0.5, 0.6) is 11.5 Å². The van der Waals surface area contributed by atoms with Crippen LogP contribution in [0, 0.1) is 6.92 Å². The summed E-state index contributed by atoms with van der Waals surface area (Å²) >= 11 is 0. The number of nitrogens with zero attached hydrogens (tertiary/aromatic N) is 2. The molecule has 0 aliphatic rings. The summed E-state index contributed by atoms with van der Waals surface area (Å²) in [6, 6.07) is 14.0. The van der Waals surface area contributed by atoms with E-state index in [2.05, 4.69) is 0 Å². The highest BCUT2D eigenvalue weighted by Gasteiger charge is 2.23. The molecule has 29 heavy (non-hydrogen) atoms. The van der Waals surface area contributed by atoms with E-state index in [0.29, 0.717) is 22.8 Å². The molecule has 2 amide bonds. The van der Waals surface area contributed by atoms with Crippen molar-refractivity contribution in [2.75, 3.05) is 19.0 Å². The Morgan fingerprint density at radius 3 is 2.17 bits per heavy atom. The predicted molar refractivity (Wildman–Crippen MR) is 108 cm³/mol. The first-order valence-corrected chi connectivity index (χ1v) is 8.97. The molecule has 0 saturated heterocycles. The van der Waals surface area contributed by atoms with Crippen molar-refractivity contribution >= 4 is 17.5 Å². The van der Waals surface area contributed by atoms with Crippen LogP contribution in [0.2, 0.25) is 0 Å². The third-order valence-corrected chi connectivity index (χ3v) is 4.40. The molecule has 0 aliphatic carbocycles. The zero-order chi connectivity index (χ0) is 21.1. The Morgan fingerprint density at radius 1 is 0.931 bits per heavy atom. The van der Waals surface area contributed by atoms with Gasteiger partial charge in [0.2, 0.25) is 0 Å². The molecular weight excluding hydrogens is 372 g/mol. The average Bonchev–Trinajstić information content (AvgIpc) is 3.10. The fourth-order valence-corrected chi connectivity index (χ4v) is 2.89. The standard InChI is InChI=1S/C22H22N2O5/c1-14-4-10-18(29-14)13-24(22(28)19-11-9-17(25)12-20(19)26)16-7-5-15(6-8-16)21(27)23(2)3/h4-12,25-26H,13H2,1-3H3. The number of rotatable bonds is 5. The monoisotopic (exact) mass is 394 g/mol. The number of hydrogen-bond acceptors (Lipinski definition) is 5. The van der Waals surface area contributed by atoms with Crippen molar-refractivity contribution < 1.29 is 24.2 Å². The van der Waals surface area contributed by atoms with Crippen LogP contribution in [0.4, 0.5) is 5.69 Å². The number of hydrogen-bond donors (Lipinski definition) is 2. The molecule has 0 radical (unpaired) electrons. The highest BCUT2D eigenvalue weighted by molar-refractivity contribution is 6.08. The summed E-state index contributed by atoms with van der Waals surface area (Å²) in [7, 11) is 3.33. The van der Waals surface area contributed by atoms with Crippen molar-refractivity contribution in [3.8, 4) is 11.5 Å². The van der Waals surface area contributed by atoms with Crippen LogP contribution in [-0.4, -0.2) is 41.0 Å². The molecule has 3 rings (SSSR count). The number of phenols is 2. The zero-order valence-electron chi connectivity index (χ0n) is 16.4. The summed E-state index contributed by atoms with van der Waals surface area (Å²) in [6.07, 6.45) is 0. The van der Waals surface area contributed by atoms with Crippen LogP contribution in [0.3, 0.4) is 0 Å². The lowest BCUT2D eigenvalue weighted by molar-refractivity contribution is 0.0827. The first kappa shape index (κ1) is 20.0. The number of carbonyl (C=O) groups is 2. The van der Waals surface area contributed by atoms with E-state index in [9.17, 15) is 19.8 Å². The molecule has 1 aromatic heterocycles. The SMILES string of the molecule is Cc1ccc(CN(C(=O)c2ccc(O)cc2O)c2ccc(C(=O)N(C)C)cc2)o1. The Balaban J connectivity index is 1.98. The Hall–Kier alpha value is -3.74. The molecule has 3 aromatic rings. The number of aromatic hydroxyl groups is 2. The van der Waals surface area contributed by atoms with Gasteiger partial charge in [-0.3, -0.25) is 9.59 Å². The first-order valence-electron chi connectivity index (χ1n) is 8.97. The lowest BCUT2D eigenvalue weighted by Gasteiger charge is -2.23. The van der Waals surface area contributed by atoms with Crippen LogP contribution in [0.15, 0.2) is 59.0 Å². The molecule has 150 valence electrons. The van der Waals surface area contributed by atoms with Crippen molar-refractivity contribution in [2.45, 2.75) is 13.5 Å². The van der Waals surface area contributed by atoms with Gasteiger partial charge in [-0.1, -0.05) is 0 Å². The molecule has 0 spiro atoms. The zero-order valence-corrected chi connectivity index (χ0v) is 16.4. The van der Waals surface area contributed by atoms with Crippen LogP contribution >= 0.6 is 0 Å². The van der Waals surface area contributed by atoms with Crippen molar-refractivity contribution in [3.05, 3.63) is 77.2 Å². The minimum absolute atomic E-state index is 0.0412. The number of carbonyl (C=O) groups excluding carboxylic acids is 2. The first-order chi connectivity index (χ1) is 13.8. The Kier molecular flexibility index (Phi) is 5.59. The van der Waals surface area contributed by atoms with Gasteiger partial charge in [0.05, 0.1) is 12.1 Å². The van der Waals surface area contributed by atoms with Crippen LogP contribution in [0.1, 0.15) is 32.2 Å². The summed E-state index contributed by atoms with van der Waals surface area (Å²) < 4.78 is 5.61. The predicted octanol–water partition coefficient (Wildman–Crippen LogP) is 3.55. The van der Waals surface area contributed by atoms with E-state index in [1.807, 2.05) is 6.92 Å². The lowest BCUT2D eigenvalue weighted by Crippen LogP contribution is -2.30. The minimum atomic E-state index is -0.469. The molecule has 0 unspecified atom stereocenters. The summed E-state index contributed by atoms with van der Waals surface area (Å²) in [6.45, 7) is 1.94. The molecule has 2 aromatic carbocycles. The maximum atomic E-state index is 13.2. The minimum Gasteiger partial charge on any atom is -0.508 e. The van der Waals surface area contributed by atoms with Gasteiger partial charge in [0.1, 0.15) is 23.0 Å². The van der Waals surface area contributed by atoms with E-state index >= 15 is 0 Å². The topological polar surface area (TPSA) is 94.2 Å². The van der Waals surface area contributed by atoms with Crippen molar-refractivity contribution in [2.24, 2.45) is 0 Å². The lowest BCUT2D eigenvalue weighted by atomic mass is 10.1. The number of anilines is 1. The molecule has 0 saturated carbocycles. The number of amides is 2. The largest absolute Gasteiger partial charge is 0.508 e. The fraction of sp³-hybridized carbons (Fsp3) is 0.182. The second-order valence-electron chi connectivity index (χ2n) is 6.85. The molecule has 0 atom stereocenters. The van der Waals surface area contributed by atoms with Gasteiger partial charge in [-0.2, -0.15) is 0 Å². The van der Waals surface area contributed by atoms with Gasteiger partial charge in [0.15, 0.2) is 0 Å². The second kappa shape index (κ2) is 8.10. The average molecular weight is 394 g/mol. The van der Waals surface area contributed by atoms with Crippen LogP contribution in [0.25, 0.3) is 0 Å². The second-order valence-corrected chi connectivity index (χ2v) is 6.85. The van der Waals surface area contributed by atoms with Crippen molar-refractivity contribution in [1.82, 2.24) is 4.90 Å². The van der Waals surface area contributed by atoms with Crippen molar-refractivity contribution in [3.63, 3.8) is 0 Å². The van der Waals surface area contributed by atoms with Gasteiger partial charge >= 0.3 is 0 Å². The Bertz CT molecular complexity index is 1040. The van der Waals surface area contributed by atoms with Gasteiger partial charge in [0.25, 0.3) is 11.8 Å². The third kappa shape index (κ3) is 4.40. The molecule has 7 nitrogen and oxygen atoms in total. The molecule has 2 N–H and O–H groups in total. The molecule has 0 bridgehead atoms. The Morgan fingerprint density at radius 2 is 1.62 bits per heavy atom. The Labute approximate surface area is 168 Å². The van der Waals surface area contributed by atoms with Gasteiger partial charge < -0.3 is 24.4 Å². The van der Waals surface area contributed by atoms with Gasteiger partial charge in [-0.05, 0) is 55.5 Å². The number of furan rings is 1. The van der Waals surface area contributed by atoms with Gasteiger partial charge in [-0.25, -0.2) is 0 Å². The van der Waals surface area contributed by atoms with E-state index in [1.54, 1.807) is 50.5 Å². The molecule has 0 aliphatic heterocycles. The normalized spacial score (nSPS) is 10.6. The highest BCUT2D eigenvalue weighted by Crippen LogP contribution is 2.28. The highest BCUT2D eigenvalue weighted by atomic mass is 16.3. The van der Waals surface area contributed by atoms with E-state index in [-0.39, 0.29) is 29.5 Å². The fourth-order valence-electron chi connectivity index (χ4n) is 2.89. The van der Waals surface area contributed by atoms with Gasteiger partial charge in [0, 0.05) is 31.4 Å². The third-order valence-electron chi connectivity index (χ3n) is 4.40. The quantitative estimate of drug-likeness (QED) is 0.690. The summed E-state index contributed by atoms with van der Waals surface area (Å²) in [5, 5.41) is 19.6. The molecule has 1 heterocycles. The van der Waals surface area contributed by atoms with E-state index in [0.717, 1.165) is 6.07 Å². The van der Waals surface area contributed by atoms with E-state index in [4.69, 9.17) is 4.42 Å².